The van der Waals surface area contributed by atoms with Crippen molar-refractivity contribution in [1.82, 2.24) is 15.0 Å². The standard InChI is InChI=1S/C18H22N4O3/c1-3-25-17(23)18-9-22(8-13(18)6-7-24-10-18)16-15-14(19-11-20-16)5-4-12(2)21-15/h4-5,11,13H,3,6-10H2,1-2H3/t13-,18+/m0/s1. The minimum absolute atomic E-state index is 0.162. The van der Waals surface area contributed by atoms with Crippen molar-refractivity contribution in [2.75, 3.05) is 37.8 Å². The molecule has 0 spiro atoms. The van der Waals surface area contributed by atoms with Gasteiger partial charge in [0.15, 0.2) is 5.82 Å². The van der Waals surface area contributed by atoms with E-state index in [-0.39, 0.29) is 11.9 Å². The number of esters is 1. The Balaban J connectivity index is 1.73. The molecule has 0 aliphatic carbocycles. The summed E-state index contributed by atoms with van der Waals surface area (Å²) >= 11 is 0. The van der Waals surface area contributed by atoms with Crippen LogP contribution < -0.4 is 4.90 Å². The molecule has 7 nitrogen and oxygen atoms in total. The number of pyridine rings is 1. The predicted octanol–water partition coefficient (Wildman–Crippen LogP) is 1.74. The van der Waals surface area contributed by atoms with Gasteiger partial charge in [-0.25, -0.2) is 15.0 Å². The molecular weight excluding hydrogens is 320 g/mol. The third-order valence-electron chi connectivity index (χ3n) is 5.25. The van der Waals surface area contributed by atoms with Crippen molar-refractivity contribution in [3.8, 4) is 0 Å². The maximum atomic E-state index is 12.7. The number of anilines is 1. The summed E-state index contributed by atoms with van der Waals surface area (Å²) in [5.41, 5.74) is 1.90. The minimum Gasteiger partial charge on any atom is -0.465 e. The Morgan fingerprint density at radius 3 is 3.16 bits per heavy atom. The number of ether oxygens (including phenoxy) is 2. The normalized spacial score (nSPS) is 25.8. The second-order valence-corrected chi connectivity index (χ2v) is 6.81. The molecule has 0 N–H and O–H groups in total. The number of aromatic nitrogens is 3. The van der Waals surface area contributed by atoms with Crippen LogP contribution in [0.1, 0.15) is 19.0 Å². The van der Waals surface area contributed by atoms with Crippen LogP contribution in [-0.2, 0) is 14.3 Å². The molecule has 2 fully saturated rings. The van der Waals surface area contributed by atoms with Gasteiger partial charge in [0.1, 0.15) is 17.3 Å². The first-order chi connectivity index (χ1) is 12.1. The fraction of sp³-hybridized carbons (Fsp3) is 0.556. The molecule has 2 aliphatic rings. The first-order valence-corrected chi connectivity index (χ1v) is 8.72. The van der Waals surface area contributed by atoms with Crippen molar-refractivity contribution in [1.29, 1.82) is 0 Å². The zero-order valence-corrected chi connectivity index (χ0v) is 14.6. The van der Waals surface area contributed by atoms with Crippen LogP contribution in [0.4, 0.5) is 5.82 Å². The summed E-state index contributed by atoms with van der Waals surface area (Å²) in [6.07, 6.45) is 2.41. The molecule has 2 aliphatic heterocycles. The Bertz CT molecular complexity index is 812. The fourth-order valence-corrected chi connectivity index (χ4v) is 3.97. The van der Waals surface area contributed by atoms with Crippen molar-refractivity contribution in [2.45, 2.75) is 20.3 Å². The molecule has 132 valence electrons. The summed E-state index contributed by atoms with van der Waals surface area (Å²) in [7, 11) is 0. The molecule has 2 aromatic rings. The van der Waals surface area contributed by atoms with Crippen molar-refractivity contribution in [3.63, 3.8) is 0 Å². The molecule has 0 amide bonds. The summed E-state index contributed by atoms with van der Waals surface area (Å²) in [5, 5.41) is 0. The Hall–Kier alpha value is -2.28. The first-order valence-electron chi connectivity index (χ1n) is 8.72. The SMILES string of the molecule is CCOC(=O)[C@]12COCC[C@H]1CN(c1ncnc3ccc(C)nc13)C2. The predicted molar refractivity (Wildman–Crippen MR) is 92.3 cm³/mol. The van der Waals surface area contributed by atoms with Gasteiger partial charge in [0.2, 0.25) is 0 Å². The van der Waals surface area contributed by atoms with Crippen LogP contribution in [0.2, 0.25) is 0 Å². The number of nitrogens with zero attached hydrogens (tertiary/aromatic N) is 4. The Kier molecular flexibility index (Phi) is 4.03. The molecule has 4 heterocycles. The molecule has 7 heteroatoms. The molecule has 0 radical (unpaired) electrons. The number of fused-ring (bicyclic) bond motifs is 2. The third kappa shape index (κ3) is 2.63. The fourth-order valence-electron chi connectivity index (χ4n) is 3.97. The third-order valence-corrected chi connectivity index (χ3v) is 5.25. The Labute approximate surface area is 146 Å². The van der Waals surface area contributed by atoms with E-state index in [2.05, 4.69) is 19.9 Å². The van der Waals surface area contributed by atoms with Gasteiger partial charge in [-0.2, -0.15) is 0 Å². The van der Waals surface area contributed by atoms with Crippen molar-refractivity contribution < 1.29 is 14.3 Å². The van der Waals surface area contributed by atoms with Crippen LogP contribution in [0.3, 0.4) is 0 Å². The van der Waals surface area contributed by atoms with Gasteiger partial charge in [0, 0.05) is 25.4 Å². The monoisotopic (exact) mass is 342 g/mol. The summed E-state index contributed by atoms with van der Waals surface area (Å²) in [6, 6.07) is 3.90. The van der Waals surface area contributed by atoms with E-state index in [9.17, 15) is 4.79 Å². The Morgan fingerprint density at radius 2 is 2.32 bits per heavy atom. The van der Waals surface area contributed by atoms with Gasteiger partial charge < -0.3 is 14.4 Å². The van der Waals surface area contributed by atoms with Crippen molar-refractivity contribution >= 4 is 22.8 Å². The Morgan fingerprint density at radius 1 is 1.44 bits per heavy atom. The highest BCUT2D eigenvalue weighted by molar-refractivity contribution is 5.87. The smallest absolute Gasteiger partial charge is 0.316 e. The summed E-state index contributed by atoms with van der Waals surface area (Å²) < 4.78 is 11.1. The lowest BCUT2D eigenvalue weighted by molar-refractivity contribution is -0.165. The van der Waals surface area contributed by atoms with E-state index in [4.69, 9.17) is 9.47 Å². The van der Waals surface area contributed by atoms with Gasteiger partial charge in [-0.1, -0.05) is 0 Å². The second-order valence-electron chi connectivity index (χ2n) is 6.81. The number of rotatable bonds is 3. The van der Waals surface area contributed by atoms with Gasteiger partial charge in [-0.15, -0.1) is 0 Å². The van der Waals surface area contributed by atoms with Crippen molar-refractivity contribution in [2.24, 2.45) is 11.3 Å². The van der Waals surface area contributed by atoms with Gasteiger partial charge in [-0.05, 0) is 38.3 Å². The second kappa shape index (κ2) is 6.22. The maximum absolute atomic E-state index is 12.7. The van der Waals surface area contributed by atoms with Gasteiger partial charge in [0.05, 0.1) is 18.7 Å². The van der Waals surface area contributed by atoms with Gasteiger partial charge >= 0.3 is 5.97 Å². The molecule has 2 saturated heterocycles. The van der Waals surface area contributed by atoms with E-state index < -0.39 is 5.41 Å². The van der Waals surface area contributed by atoms with Crippen LogP contribution in [0.25, 0.3) is 11.0 Å². The van der Waals surface area contributed by atoms with Crippen LogP contribution >= 0.6 is 0 Å². The number of carbonyl (C=O) groups is 1. The first kappa shape index (κ1) is 16.2. The largest absolute Gasteiger partial charge is 0.465 e. The number of carbonyl (C=O) groups excluding carboxylic acids is 1. The highest BCUT2D eigenvalue weighted by Gasteiger charge is 2.55. The molecule has 4 rings (SSSR count). The average Bonchev–Trinajstić information content (AvgIpc) is 3.02. The molecule has 0 aromatic carbocycles. The van der Waals surface area contributed by atoms with E-state index in [1.54, 1.807) is 6.33 Å². The van der Waals surface area contributed by atoms with E-state index in [0.717, 1.165) is 35.5 Å². The van der Waals surface area contributed by atoms with E-state index in [0.29, 0.717) is 26.4 Å². The lowest BCUT2D eigenvalue weighted by atomic mass is 9.75. The molecular formula is C18H22N4O3. The highest BCUT2D eigenvalue weighted by atomic mass is 16.5. The molecule has 0 bridgehead atoms. The van der Waals surface area contributed by atoms with Crippen LogP contribution in [0, 0.1) is 18.3 Å². The molecule has 0 unspecified atom stereocenters. The van der Waals surface area contributed by atoms with E-state index in [1.807, 2.05) is 26.0 Å². The minimum atomic E-state index is -0.616. The molecule has 0 saturated carbocycles. The van der Waals surface area contributed by atoms with Gasteiger partial charge in [0.25, 0.3) is 0 Å². The summed E-state index contributed by atoms with van der Waals surface area (Å²) in [5.74, 6) is 0.826. The van der Waals surface area contributed by atoms with Crippen LogP contribution in [0.15, 0.2) is 18.5 Å². The van der Waals surface area contributed by atoms with Crippen LogP contribution in [0.5, 0.6) is 0 Å². The van der Waals surface area contributed by atoms with Gasteiger partial charge in [-0.3, -0.25) is 4.79 Å². The van der Waals surface area contributed by atoms with E-state index >= 15 is 0 Å². The van der Waals surface area contributed by atoms with Crippen molar-refractivity contribution in [3.05, 3.63) is 24.2 Å². The van der Waals surface area contributed by atoms with Crippen LogP contribution in [-0.4, -0.2) is 53.8 Å². The summed E-state index contributed by atoms with van der Waals surface area (Å²) in [6.45, 7) is 6.55. The lowest BCUT2D eigenvalue weighted by Crippen LogP contribution is -2.47. The number of aryl methyl sites for hydroxylation is 1. The van der Waals surface area contributed by atoms with E-state index in [1.165, 1.54) is 0 Å². The number of hydrogen-bond donors (Lipinski definition) is 0. The zero-order chi connectivity index (χ0) is 17.4. The summed E-state index contributed by atoms with van der Waals surface area (Å²) in [4.78, 5) is 28.3. The molecule has 2 aromatic heterocycles. The zero-order valence-electron chi connectivity index (χ0n) is 14.6. The maximum Gasteiger partial charge on any atom is 0.316 e. The topological polar surface area (TPSA) is 77.4 Å². The quantitative estimate of drug-likeness (QED) is 0.786. The number of hydrogen-bond acceptors (Lipinski definition) is 7. The lowest BCUT2D eigenvalue weighted by Gasteiger charge is -2.35. The highest BCUT2D eigenvalue weighted by Crippen LogP contribution is 2.44. The average molecular weight is 342 g/mol. The molecule has 2 atom stereocenters. The molecule has 25 heavy (non-hydrogen) atoms.